The van der Waals surface area contributed by atoms with Crippen LogP contribution in [0.4, 0.5) is 9.59 Å². The van der Waals surface area contributed by atoms with E-state index >= 15 is 0 Å². The van der Waals surface area contributed by atoms with Gasteiger partial charge >= 0.3 is 12.1 Å². The Morgan fingerprint density at radius 3 is 2.50 bits per heavy atom. The SMILES string of the molecule is CC(C)(C)OC(=O)NCCNC(=O)NCc1cc2ccccc2o1. The van der Waals surface area contributed by atoms with Crippen LogP contribution in [-0.4, -0.2) is 30.8 Å². The van der Waals surface area contributed by atoms with Gasteiger partial charge in [-0.15, -0.1) is 0 Å². The van der Waals surface area contributed by atoms with E-state index in [2.05, 4.69) is 16.0 Å². The van der Waals surface area contributed by atoms with Crippen LogP contribution in [0.3, 0.4) is 0 Å². The summed E-state index contributed by atoms with van der Waals surface area (Å²) in [5.74, 6) is 0.679. The number of carbonyl (C=O) groups excluding carboxylic acids is 2. The van der Waals surface area contributed by atoms with Gasteiger partial charge in [0.2, 0.25) is 0 Å². The number of nitrogens with one attached hydrogen (secondary N) is 3. The molecule has 2 aromatic rings. The summed E-state index contributed by atoms with van der Waals surface area (Å²) in [4.78, 5) is 23.1. The zero-order chi connectivity index (χ0) is 17.6. The van der Waals surface area contributed by atoms with Gasteiger partial charge in [-0.05, 0) is 32.9 Å². The highest BCUT2D eigenvalue weighted by molar-refractivity contribution is 5.78. The molecule has 0 spiro atoms. The minimum Gasteiger partial charge on any atom is -0.459 e. The lowest BCUT2D eigenvalue weighted by Gasteiger charge is -2.19. The lowest BCUT2D eigenvalue weighted by Crippen LogP contribution is -2.41. The lowest BCUT2D eigenvalue weighted by atomic mass is 10.2. The Labute approximate surface area is 140 Å². The summed E-state index contributed by atoms with van der Waals surface area (Å²) in [6.45, 7) is 6.24. The van der Waals surface area contributed by atoms with Crippen LogP contribution in [0.5, 0.6) is 0 Å². The molecule has 0 radical (unpaired) electrons. The number of benzene rings is 1. The molecule has 3 amide bonds. The van der Waals surface area contributed by atoms with Crippen molar-refractivity contribution >= 4 is 23.1 Å². The van der Waals surface area contributed by atoms with Crippen molar-refractivity contribution in [1.29, 1.82) is 0 Å². The number of hydrogen-bond acceptors (Lipinski definition) is 4. The van der Waals surface area contributed by atoms with Gasteiger partial charge in [0, 0.05) is 18.5 Å². The standard InChI is InChI=1S/C17H23N3O4/c1-17(2,3)24-16(22)19-9-8-18-15(21)20-11-13-10-12-6-4-5-7-14(12)23-13/h4-7,10H,8-9,11H2,1-3H3,(H,19,22)(H2,18,20,21). The fraction of sp³-hybridized carbons (Fsp3) is 0.412. The minimum absolute atomic E-state index is 0.285. The Balaban J connectivity index is 1.64. The molecule has 7 heteroatoms. The molecule has 2 rings (SSSR count). The third-order valence-corrected chi connectivity index (χ3v) is 2.98. The van der Waals surface area contributed by atoms with Crippen molar-refractivity contribution < 1.29 is 18.7 Å². The molecule has 0 aliphatic carbocycles. The van der Waals surface area contributed by atoms with Crippen LogP contribution in [0.15, 0.2) is 34.7 Å². The third kappa shape index (κ3) is 5.83. The first-order chi connectivity index (χ1) is 11.3. The zero-order valence-electron chi connectivity index (χ0n) is 14.1. The lowest BCUT2D eigenvalue weighted by molar-refractivity contribution is 0.0528. The van der Waals surface area contributed by atoms with Gasteiger partial charge in [0.25, 0.3) is 0 Å². The topological polar surface area (TPSA) is 92.6 Å². The maximum Gasteiger partial charge on any atom is 0.407 e. The first kappa shape index (κ1) is 17.7. The highest BCUT2D eigenvalue weighted by atomic mass is 16.6. The summed E-state index contributed by atoms with van der Waals surface area (Å²) in [6, 6.07) is 9.21. The summed E-state index contributed by atoms with van der Waals surface area (Å²) in [5.41, 5.74) is 0.248. The molecule has 0 saturated carbocycles. The van der Waals surface area contributed by atoms with Crippen molar-refractivity contribution in [2.45, 2.75) is 32.9 Å². The second kappa shape index (κ2) is 7.72. The molecule has 1 heterocycles. The molecule has 0 unspecified atom stereocenters. The monoisotopic (exact) mass is 333 g/mol. The van der Waals surface area contributed by atoms with E-state index in [1.165, 1.54) is 0 Å². The van der Waals surface area contributed by atoms with Crippen LogP contribution in [-0.2, 0) is 11.3 Å². The second-order valence-electron chi connectivity index (χ2n) is 6.29. The van der Waals surface area contributed by atoms with Crippen LogP contribution in [0.25, 0.3) is 11.0 Å². The zero-order valence-corrected chi connectivity index (χ0v) is 14.1. The quantitative estimate of drug-likeness (QED) is 0.734. The normalized spacial score (nSPS) is 11.1. The highest BCUT2D eigenvalue weighted by Gasteiger charge is 2.15. The molecule has 3 N–H and O–H groups in total. The molecule has 0 saturated heterocycles. The molecule has 0 fully saturated rings. The Kier molecular flexibility index (Phi) is 5.68. The van der Waals surface area contributed by atoms with Gasteiger partial charge in [-0.3, -0.25) is 0 Å². The number of hydrogen-bond donors (Lipinski definition) is 3. The van der Waals surface area contributed by atoms with Crippen LogP contribution < -0.4 is 16.0 Å². The summed E-state index contributed by atoms with van der Waals surface area (Å²) in [5, 5.41) is 8.90. The Morgan fingerprint density at radius 2 is 1.79 bits per heavy atom. The van der Waals surface area contributed by atoms with E-state index in [4.69, 9.17) is 9.15 Å². The maximum absolute atomic E-state index is 11.7. The van der Waals surface area contributed by atoms with Crippen LogP contribution in [0, 0.1) is 0 Å². The van der Waals surface area contributed by atoms with Crippen molar-refractivity contribution in [2.24, 2.45) is 0 Å². The minimum atomic E-state index is -0.540. The number of ether oxygens (including phenoxy) is 1. The fourth-order valence-electron chi connectivity index (χ4n) is 2.01. The van der Waals surface area contributed by atoms with Crippen LogP contribution in [0.2, 0.25) is 0 Å². The van der Waals surface area contributed by atoms with Crippen molar-refractivity contribution in [3.63, 3.8) is 0 Å². The number of rotatable bonds is 5. The van der Waals surface area contributed by atoms with E-state index in [-0.39, 0.29) is 12.6 Å². The van der Waals surface area contributed by atoms with Gasteiger partial charge in [0.15, 0.2) is 0 Å². The number of para-hydroxylation sites is 1. The number of furan rings is 1. The van der Waals surface area contributed by atoms with Crippen LogP contribution in [0.1, 0.15) is 26.5 Å². The van der Waals surface area contributed by atoms with E-state index in [1.54, 1.807) is 20.8 Å². The second-order valence-corrected chi connectivity index (χ2v) is 6.29. The Morgan fingerprint density at radius 1 is 1.08 bits per heavy atom. The highest BCUT2D eigenvalue weighted by Crippen LogP contribution is 2.18. The number of urea groups is 1. The van der Waals surface area contributed by atoms with E-state index in [1.807, 2.05) is 30.3 Å². The average molecular weight is 333 g/mol. The molecule has 1 aromatic heterocycles. The molecule has 0 atom stereocenters. The molecular formula is C17H23N3O4. The van der Waals surface area contributed by atoms with Crippen molar-refractivity contribution in [1.82, 2.24) is 16.0 Å². The Hall–Kier alpha value is -2.70. The van der Waals surface area contributed by atoms with E-state index in [9.17, 15) is 9.59 Å². The summed E-state index contributed by atoms with van der Waals surface area (Å²) in [7, 11) is 0. The summed E-state index contributed by atoms with van der Waals surface area (Å²) in [6.07, 6.45) is -0.507. The van der Waals surface area contributed by atoms with Gasteiger partial charge in [-0.1, -0.05) is 18.2 Å². The van der Waals surface area contributed by atoms with Gasteiger partial charge in [-0.25, -0.2) is 9.59 Å². The first-order valence-corrected chi connectivity index (χ1v) is 7.79. The van der Waals surface area contributed by atoms with Gasteiger partial charge in [0.1, 0.15) is 16.9 Å². The van der Waals surface area contributed by atoms with E-state index in [0.717, 1.165) is 11.0 Å². The largest absolute Gasteiger partial charge is 0.459 e. The molecule has 0 bridgehead atoms. The molecule has 0 aliphatic rings. The molecule has 7 nitrogen and oxygen atoms in total. The van der Waals surface area contributed by atoms with Crippen LogP contribution >= 0.6 is 0 Å². The molecule has 0 aliphatic heterocycles. The third-order valence-electron chi connectivity index (χ3n) is 2.98. The predicted octanol–water partition coefficient (Wildman–Crippen LogP) is 2.76. The van der Waals surface area contributed by atoms with Crippen molar-refractivity contribution in [2.75, 3.05) is 13.1 Å². The van der Waals surface area contributed by atoms with E-state index in [0.29, 0.717) is 18.8 Å². The number of fused-ring (bicyclic) bond motifs is 1. The smallest absolute Gasteiger partial charge is 0.407 e. The number of alkyl carbamates (subject to hydrolysis) is 1. The van der Waals surface area contributed by atoms with Gasteiger partial charge < -0.3 is 25.1 Å². The van der Waals surface area contributed by atoms with Gasteiger partial charge in [0.05, 0.1) is 6.54 Å². The molecule has 1 aromatic carbocycles. The molecule has 24 heavy (non-hydrogen) atoms. The number of amides is 3. The van der Waals surface area contributed by atoms with E-state index < -0.39 is 11.7 Å². The predicted molar refractivity (Wildman–Crippen MR) is 90.7 cm³/mol. The maximum atomic E-state index is 11.7. The summed E-state index contributed by atoms with van der Waals surface area (Å²) < 4.78 is 10.7. The fourth-order valence-corrected chi connectivity index (χ4v) is 2.01. The van der Waals surface area contributed by atoms with Gasteiger partial charge in [-0.2, -0.15) is 0 Å². The molecular weight excluding hydrogens is 310 g/mol. The van der Waals surface area contributed by atoms with Crippen molar-refractivity contribution in [3.05, 3.63) is 36.1 Å². The number of carbonyl (C=O) groups is 2. The Bertz CT molecular complexity index is 670. The average Bonchev–Trinajstić information content (AvgIpc) is 2.90. The molecule has 130 valence electrons. The summed E-state index contributed by atoms with van der Waals surface area (Å²) >= 11 is 0. The first-order valence-electron chi connectivity index (χ1n) is 7.79. The van der Waals surface area contributed by atoms with Crippen molar-refractivity contribution in [3.8, 4) is 0 Å².